The number of esters is 4. The van der Waals surface area contributed by atoms with E-state index in [0.29, 0.717) is 5.69 Å². The molecule has 13 nitrogen and oxygen atoms in total. The Morgan fingerprint density at radius 2 is 1.31 bits per heavy atom. The lowest BCUT2D eigenvalue weighted by Crippen LogP contribution is -2.67. The fraction of sp³-hybridized carbons (Fsp3) is 0.357. The highest BCUT2D eigenvalue weighted by Crippen LogP contribution is 2.31. The first-order valence-electron chi connectivity index (χ1n) is 12.9. The van der Waals surface area contributed by atoms with Gasteiger partial charge in [-0.15, -0.1) is 0 Å². The van der Waals surface area contributed by atoms with Gasteiger partial charge in [0.2, 0.25) is 0 Å². The molecule has 14 heteroatoms. The smallest absolute Gasteiger partial charge is 0.303 e. The SMILES string of the molecule is CC(=O)OCC1OC(NC(=S)NNc2c3ccccc3nc3ccccc23)C(OC(C)=O)C(OC(C)=O)C1OC(C)=O. The minimum absolute atomic E-state index is 0.0147. The maximum absolute atomic E-state index is 12.1. The second-order valence-electron chi connectivity index (χ2n) is 9.36. The van der Waals surface area contributed by atoms with E-state index in [1.165, 1.54) is 6.92 Å². The molecule has 3 N–H and O–H groups in total. The van der Waals surface area contributed by atoms with Crippen molar-refractivity contribution in [3.8, 4) is 0 Å². The fourth-order valence-corrected chi connectivity index (χ4v) is 4.77. The predicted molar refractivity (Wildman–Crippen MR) is 154 cm³/mol. The lowest BCUT2D eigenvalue weighted by molar-refractivity contribution is -0.254. The first-order chi connectivity index (χ1) is 20.0. The van der Waals surface area contributed by atoms with E-state index in [2.05, 4.69) is 16.2 Å². The summed E-state index contributed by atoms with van der Waals surface area (Å²) >= 11 is 5.52. The number of nitrogens with zero attached hydrogens (tertiary/aromatic N) is 1. The quantitative estimate of drug-likeness (QED) is 0.114. The van der Waals surface area contributed by atoms with Gasteiger partial charge in [-0.2, -0.15) is 0 Å². The summed E-state index contributed by atoms with van der Waals surface area (Å²) in [4.78, 5) is 52.3. The van der Waals surface area contributed by atoms with Gasteiger partial charge in [0.05, 0.1) is 16.7 Å². The van der Waals surface area contributed by atoms with Gasteiger partial charge in [-0.05, 0) is 24.4 Å². The van der Waals surface area contributed by atoms with Gasteiger partial charge in [-0.1, -0.05) is 36.4 Å². The molecule has 0 aliphatic carbocycles. The maximum Gasteiger partial charge on any atom is 0.303 e. The zero-order valence-corrected chi connectivity index (χ0v) is 24.1. The molecule has 0 amide bonds. The number of nitrogens with one attached hydrogen (secondary N) is 3. The van der Waals surface area contributed by atoms with Gasteiger partial charge in [-0.25, -0.2) is 4.98 Å². The second kappa shape index (κ2) is 13.4. The van der Waals surface area contributed by atoms with Crippen LogP contribution in [0.1, 0.15) is 27.7 Å². The van der Waals surface area contributed by atoms with E-state index in [1.54, 1.807) is 0 Å². The van der Waals surface area contributed by atoms with Crippen LogP contribution < -0.4 is 16.2 Å². The number of carbonyl (C=O) groups is 4. The highest BCUT2D eigenvalue weighted by atomic mass is 32.1. The standard InChI is InChI=1S/C28H30N4O9S/c1-14(33)37-13-22-24(38-15(2)34)25(39-16(3)35)26(40-17(4)36)27(41-22)30-28(42)32-31-23-18-9-5-7-11-20(18)29-21-12-8-6-10-19(21)23/h5-12,22,24-27H,13H2,1-4H3,(H,29,31)(H2,30,32,42). The average molecular weight is 599 g/mol. The molecule has 4 rings (SSSR count). The van der Waals surface area contributed by atoms with Gasteiger partial charge in [0, 0.05) is 38.5 Å². The monoisotopic (exact) mass is 598 g/mol. The molecule has 5 unspecified atom stereocenters. The third kappa shape index (κ3) is 7.39. The van der Waals surface area contributed by atoms with Crippen LogP contribution in [-0.4, -0.2) is 71.2 Å². The summed E-state index contributed by atoms with van der Waals surface area (Å²) in [5, 5.41) is 4.59. The lowest BCUT2D eigenvalue weighted by atomic mass is 9.97. The Morgan fingerprint density at radius 3 is 1.86 bits per heavy atom. The Bertz CT molecular complexity index is 1460. The van der Waals surface area contributed by atoms with Gasteiger partial charge < -0.3 is 29.0 Å². The van der Waals surface area contributed by atoms with Crippen LogP contribution in [0.4, 0.5) is 5.69 Å². The van der Waals surface area contributed by atoms with Crippen molar-refractivity contribution in [1.29, 1.82) is 0 Å². The number of hydrazine groups is 1. The third-order valence-electron chi connectivity index (χ3n) is 6.15. The van der Waals surface area contributed by atoms with Crippen LogP contribution in [0.2, 0.25) is 0 Å². The molecule has 1 fully saturated rings. The van der Waals surface area contributed by atoms with Crippen LogP contribution in [0.25, 0.3) is 21.8 Å². The molecule has 0 radical (unpaired) electrons. The Hall–Kier alpha value is -4.56. The van der Waals surface area contributed by atoms with Crippen molar-refractivity contribution in [3.05, 3.63) is 48.5 Å². The van der Waals surface area contributed by atoms with Crippen molar-refractivity contribution >= 4 is 68.7 Å². The zero-order chi connectivity index (χ0) is 30.4. The number of hydrogen-bond donors (Lipinski definition) is 3. The number of benzene rings is 2. The number of fused-ring (bicyclic) bond motifs is 2. The molecule has 42 heavy (non-hydrogen) atoms. The summed E-state index contributed by atoms with van der Waals surface area (Å²) < 4.78 is 27.4. The fourth-order valence-electron chi connectivity index (χ4n) is 4.60. The molecule has 1 aliphatic heterocycles. The van der Waals surface area contributed by atoms with Gasteiger partial charge >= 0.3 is 23.9 Å². The highest BCUT2D eigenvalue weighted by Gasteiger charge is 2.52. The van der Waals surface area contributed by atoms with E-state index in [-0.39, 0.29) is 11.7 Å². The number of hydrogen-bond acceptors (Lipinski definition) is 12. The number of thiocarbonyl (C=S) groups is 1. The number of carbonyl (C=O) groups excluding carboxylic acids is 4. The summed E-state index contributed by atoms with van der Waals surface area (Å²) in [5.41, 5.74) is 8.27. The highest BCUT2D eigenvalue weighted by molar-refractivity contribution is 7.80. The van der Waals surface area contributed by atoms with Crippen molar-refractivity contribution in [2.45, 2.75) is 58.3 Å². The normalized spacial score (nSPS) is 21.6. The molecule has 222 valence electrons. The molecule has 1 saturated heterocycles. The predicted octanol–water partition coefficient (Wildman–Crippen LogP) is 2.26. The van der Waals surface area contributed by atoms with Gasteiger partial charge in [0.25, 0.3) is 0 Å². The van der Waals surface area contributed by atoms with Gasteiger partial charge in [0.1, 0.15) is 12.7 Å². The van der Waals surface area contributed by atoms with Gasteiger partial charge in [-0.3, -0.25) is 30.0 Å². The molecule has 0 bridgehead atoms. The van der Waals surface area contributed by atoms with E-state index in [4.69, 9.17) is 40.9 Å². The van der Waals surface area contributed by atoms with Crippen LogP contribution in [0.3, 0.4) is 0 Å². The summed E-state index contributed by atoms with van der Waals surface area (Å²) in [6.45, 7) is 4.29. The van der Waals surface area contributed by atoms with E-state index in [0.717, 1.165) is 42.6 Å². The van der Waals surface area contributed by atoms with Crippen molar-refractivity contribution < 1.29 is 42.9 Å². The average Bonchev–Trinajstić information content (AvgIpc) is 2.92. The Morgan fingerprint density at radius 1 is 0.786 bits per heavy atom. The first kappa shape index (κ1) is 30.4. The van der Waals surface area contributed by atoms with E-state index < -0.39 is 54.5 Å². The second-order valence-corrected chi connectivity index (χ2v) is 9.77. The third-order valence-corrected chi connectivity index (χ3v) is 6.37. The Kier molecular flexibility index (Phi) is 9.70. The van der Waals surface area contributed by atoms with Crippen molar-refractivity contribution in [2.24, 2.45) is 0 Å². The van der Waals surface area contributed by atoms with E-state index in [1.807, 2.05) is 48.5 Å². The van der Waals surface area contributed by atoms with Crippen LogP contribution in [0.15, 0.2) is 48.5 Å². The Labute approximate surface area is 246 Å². The number of anilines is 1. The number of ether oxygens (including phenoxy) is 5. The molecular weight excluding hydrogens is 568 g/mol. The summed E-state index contributed by atoms with van der Waals surface area (Å²) in [5.74, 6) is -2.80. The lowest BCUT2D eigenvalue weighted by Gasteiger charge is -2.44. The maximum atomic E-state index is 12.1. The molecule has 5 atom stereocenters. The molecule has 1 aliphatic rings. The Balaban J connectivity index is 1.61. The topological polar surface area (TPSA) is 163 Å². The zero-order valence-electron chi connectivity index (χ0n) is 23.2. The molecule has 0 spiro atoms. The number of para-hydroxylation sites is 2. The van der Waals surface area contributed by atoms with Crippen molar-refractivity contribution in [1.82, 2.24) is 15.7 Å². The molecule has 2 heterocycles. The minimum Gasteiger partial charge on any atom is -0.463 e. The molecule has 2 aromatic carbocycles. The summed E-state index contributed by atoms with van der Waals surface area (Å²) in [6, 6.07) is 15.2. The summed E-state index contributed by atoms with van der Waals surface area (Å²) in [7, 11) is 0. The molecule has 3 aromatic rings. The minimum atomic E-state index is -1.33. The van der Waals surface area contributed by atoms with Crippen molar-refractivity contribution in [2.75, 3.05) is 12.0 Å². The molecule has 0 saturated carbocycles. The van der Waals surface area contributed by atoms with Crippen LogP contribution in [0.5, 0.6) is 0 Å². The molecular formula is C28H30N4O9S. The molecule has 1 aromatic heterocycles. The largest absolute Gasteiger partial charge is 0.463 e. The van der Waals surface area contributed by atoms with E-state index in [9.17, 15) is 19.2 Å². The van der Waals surface area contributed by atoms with Crippen molar-refractivity contribution in [3.63, 3.8) is 0 Å². The van der Waals surface area contributed by atoms with Crippen LogP contribution >= 0.6 is 12.2 Å². The number of rotatable bonds is 8. The van der Waals surface area contributed by atoms with Crippen LogP contribution in [-0.2, 0) is 42.9 Å². The van der Waals surface area contributed by atoms with E-state index >= 15 is 0 Å². The first-order valence-corrected chi connectivity index (χ1v) is 13.3. The summed E-state index contributed by atoms with van der Waals surface area (Å²) in [6.07, 6.45) is -6.26. The van der Waals surface area contributed by atoms with Crippen LogP contribution in [0, 0.1) is 0 Å². The van der Waals surface area contributed by atoms with Gasteiger partial charge in [0.15, 0.2) is 29.7 Å². The number of aromatic nitrogens is 1. The number of pyridine rings is 1.